The maximum Gasteiger partial charge on any atom is 0.255 e. The van der Waals surface area contributed by atoms with Gasteiger partial charge in [-0.05, 0) is 56.2 Å². The van der Waals surface area contributed by atoms with Gasteiger partial charge in [0.05, 0.1) is 16.7 Å². The predicted molar refractivity (Wildman–Crippen MR) is 161 cm³/mol. The van der Waals surface area contributed by atoms with E-state index in [2.05, 4.69) is 15.6 Å². The second kappa shape index (κ2) is 14.2. The summed E-state index contributed by atoms with van der Waals surface area (Å²) in [6, 6.07) is 11.3. The SMILES string of the molecule is C[C@@H]1OC(c2cccc(O)c2O)=NC1C(=O)N(CCCNC(=O)c1cccc(O)c1O)CCCNC(=O)c1cccc(O)c1O. The molecule has 238 valence electrons. The minimum absolute atomic E-state index is 0.00873. The topological polar surface area (TPSA) is 221 Å². The number of hydrogen-bond acceptors (Lipinski definition) is 11. The molecular formula is C31H34N4O10. The molecule has 14 heteroatoms. The van der Waals surface area contributed by atoms with E-state index in [0.717, 1.165) is 0 Å². The Hall–Kier alpha value is -5.66. The van der Waals surface area contributed by atoms with E-state index in [4.69, 9.17) is 4.74 Å². The number of benzene rings is 3. The molecule has 0 fully saturated rings. The molecule has 1 aliphatic heterocycles. The van der Waals surface area contributed by atoms with E-state index in [9.17, 15) is 45.0 Å². The highest BCUT2D eigenvalue weighted by Crippen LogP contribution is 2.32. The molecule has 2 atom stereocenters. The lowest BCUT2D eigenvalue weighted by Crippen LogP contribution is -2.44. The summed E-state index contributed by atoms with van der Waals surface area (Å²) in [6.07, 6.45) is -0.113. The molecule has 0 radical (unpaired) electrons. The number of nitrogens with zero attached hydrogens (tertiary/aromatic N) is 2. The molecule has 0 spiro atoms. The van der Waals surface area contributed by atoms with Crippen LogP contribution in [0.2, 0.25) is 0 Å². The number of para-hydroxylation sites is 3. The van der Waals surface area contributed by atoms with Gasteiger partial charge in [0, 0.05) is 26.2 Å². The fraction of sp³-hybridized carbons (Fsp3) is 0.290. The zero-order valence-corrected chi connectivity index (χ0v) is 24.3. The van der Waals surface area contributed by atoms with Gasteiger partial charge in [-0.1, -0.05) is 18.2 Å². The monoisotopic (exact) mass is 622 g/mol. The van der Waals surface area contributed by atoms with Crippen molar-refractivity contribution in [3.8, 4) is 34.5 Å². The van der Waals surface area contributed by atoms with E-state index in [1.807, 2.05) is 0 Å². The van der Waals surface area contributed by atoms with Crippen molar-refractivity contribution >= 4 is 23.6 Å². The Balaban J connectivity index is 1.42. The standard InChI is InChI=1S/C31H34N4O10/c1-17-24(34-30(45-17)20-9-4-12-23(38)27(20)41)31(44)35(15-5-13-32-28(42)18-7-2-10-21(36)25(18)39)16-6-14-33-29(43)19-8-3-11-22(37)26(19)40/h2-4,7-12,17,24,36-41H,5-6,13-16H2,1H3,(H,32,42)(H,33,43)/t17-,24?/m0/s1. The Morgan fingerprint density at radius 3 is 1.71 bits per heavy atom. The largest absolute Gasteiger partial charge is 0.504 e. The molecule has 0 aliphatic carbocycles. The molecule has 1 unspecified atom stereocenters. The summed E-state index contributed by atoms with van der Waals surface area (Å²) in [7, 11) is 0. The Labute approximate surface area is 257 Å². The average Bonchev–Trinajstić information content (AvgIpc) is 3.40. The lowest BCUT2D eigenvalue weighted by Gasteiger charge is -2.26. The van der Waals surface area contributed by atoms with Crippen LogP contribution in [-0.2, 0) is 9.53 Å². The van der Waals surface area contributed by atoms with E-state index >= 15 is 0 Å². The maximum atomic E-state index is 13.7. The summed E-state index contributed by atoms with van der Waals surface area (Å²) in [5, 5.41) is 64.6. The lowest BCUT2D eigenvalue weighted by atomic mass is 10.1. The van der Waals surface area contributed by atoms with Crippen molar-refractivity contribution in [2.24, 2.45) is 4.99 Å². The first-order valence-electron chi connectivity index (χ1n) is 14.1. The summed E-state index contributed by atoms with van der Waals surface area (Å²) in [4.78, 5) is 44.6. The van der Waals surface area contributed by atoms with Crippen molar-refractivity contribution < 1.29 is 49.8 Å². The Morgan fingerprint density at radius 2 is 1.20 bits per heavy atom. The van der Waals surface area contributed by atoms with E-state index in [0.29, 0.717) is 12.8 Å². The quantitative estimate of drug-likeness (QED) is 0.108. The van der Waals surface area contributed by atoms with Crippen molar-refractivity contribution in [3.05, 3.63) is 71.3 Å². The molecule has 45 heavy (non-hydrogen) atoms. The Bertz CT molecular complexity index is 1540. The number of carbonyl (C=O) groups excluding carboxylic acids is 3. The number of phenols is 6. The van der Waals surface area contributed by atoms with Gasteiger partial charge in [-0.15, -0.1) is 0 Å². The molecule has 0 bridgehead atoms. The predicted octanol–water partition coefficient (Wildman–Crippen LogP) is 1.92. The molecule has 14 nitrogen and oxygen atoms in total. The number of aliphatic imine (C=N–C) groups is 1. The van der Waals surface area contributed by atoms with Crippen LogP contribution in [0.4, 0.5) is 0 Å². The van der Waals surface area contributed by atoms with Gasteiger partial charge in [0.15, 0.2) is 40.5 Å². The molecule has 1 heterocycles. The number of carbonyl (C=O) groups is 3. The number of nitrogens with one attached hydrogen (secondary N) is 2. The second-order valence-corrected chi connectivity index (χ2v) is 10.3. The molecule has 0 saturated heterocycles. The normalized spacial score (nSPS) is 15.5. The number of rotatable bonds is 12. The van der Waals surface area contributed by atoms with Gasteiger partial charge in [-0.25, -0.2) is 4.99 Å². The highest BCUT2D eigenvalue weighted by atomic mass is 16.5. The number of hydrogen-bond donors (Lipinski definition) is 8. The first-order chi connectivity index (χ1) is 21.5. The summed E-state index contributed by atoms with van der Waals surface area (Å²) in [5.41, 5.74) is -0.0876. The second-order valence-electron chi connectivity index (χ2n) is 10.3. The Morgan fingerprint density at radius 1 is 0.733 bits per heavy atom. The van der Waals surface area contributed by atoms with Crippen LogP contribution < -0.4 is 10.6 Å². The minimum Gasteiger partial charge on any atom is -0.504 e. The van der Waals surface area contributed by atoms with Gasteiger partial charge in [0.2, 0.25) is 5.90 Å². The molecule has 1 aliphatic rings. The maximum absolute atomic E-state index is 13.7. The molecule has 0 aromatic heterocycles. The zero-order valence-electron chi connectivity index (χ0n) is 24.3. The van der Waals surface area contributed by atoms with Gasteiger partial charge in [0.25, 0.3) is 17.7 Å². The van der Waals surface area contributed by atoms with Gasteiger partial charge < -0.3 is 50.9 Å². The van der Waals surface area contributed by atoms with E-state index < -0.39 is 58.6 Å². The van der Waals surface area contributed by atoms with Crippen LogP contribution in [0, 0.1) is 0 Å². The third-order valence-electron chi connectivity index (χ3n) is 7.11. The van der Waals surface area contributed by atoms with Crippen LogP contribution in [0.25, 0.3) is 0 Å². The number of phenolic OH excluding ortho intramolecular Hbond substituents is 6. The van der Waals surface area contributed by atoms with Crippen LogP contribution in [0.3, 0.4) is 0 Å². The molecular weight excluding hydrogens is 588 g/mol. The van der Waals surface area contributed by atoms with Crippen LogP contribution >= 0.6 is 0 Å². The highest BCUT2D eigenvalue weighted by Gasteiger charge is 2.37. The summed E-state index contributed by atoms with van der Waals surface area (Å²) in [5.74, 6) is -4.41. The fourth-order valence-electron chi connectivity index (χ4n) is 4.68. The van der Waals surface area contributed by atoms with Crippen molar-refractivity contribution in [1.29, 1.82) is 0 Å². The number of ether oxygens (including phenoxy) is 1. The number of aromatic hydroxyl groups is 6. The molecule has 3 aromatic rings. The summed E-state index contributed by atoms with van der Waals surface area (Å²) < 4.78 is 5.75. The fourth-order valence-corrected chi connectivity index (χ4v) is 4.68. The van der Waals surface area contributed by atoms with Crippen LogP contribution in [0.15, 0.2) is 59.6 Å². The summed E-state index contributed by atoms with van der Waals surface area (Å²) >= 11 is 0. The smallest absolute Gasteiger partial charge is 0.255 e. The van der Waals surface area contributed by atoms with E-state index in [1.165, 1.54) is 59.5 Å². The first-order valence-corrected chi connectivity index (χ1v) is 14.1. The summed E-state index contributed by atoms with van der Waals surface area (Å²) in [6.45, 7) is 2.21. The molecule has 8 N–H and O–H groups in total. The van der Waals surface area contributed by atoms with Crippen molar-refractivity contribution in [2.75, 3.05) is 26.2 Å². The van der Waals surface area contributed by atoms with E-state index in [-0.39, 0.29) is 54.5 Å². The number of amides is 3. The zero-order chi connectivity index (χ0) is 32.7. The van der Waals surface area contributed by atoms with Gasteiger partial charge in [-0.2, -0.15) is 0 Å². The van der Waals surface area contributed by atoms with Gasteiger partial charge >= 0.3 is 0 Å². The Kier molecular flexibility index (Phi) is 10.2. The van der Waals surface area contributed by atoms with Crippen molar-refractivity contribution in [3.63, 3.8) is 0 Å². The lowest BCUT2D eigenvalue weighted by molar-refractivity contribution is -0.134. The van der Waals surface area contributed by atoms with Crippen LogP contribution in [0.5, 0.6) is 34.5 Å². The van der Waals surface area contributed by atoms with Crippen molar-refractivity contribution in [1.82, 2.24) is 15.5 Å². The average molecular weight is 623 g/mol. The molecule has 3 amide bonds. The van der Waals surface area contributed by atoms with Crippen molar-refractivity contribution in [2.45, 2.75) is 31.9 Å². The molecule has 3 aromatic carbocycles. The third kappa shape index (κ3) is 7.47. The minimum atomic E-state index is -0.987. The molecule has 0 saturated carbocycles. The molecule has 4 rings (SSSR count). The van der Waals surface area contributed by atoms with Crippen LogP contribution in [0.1, 0.15) is 46.0 Å². The first kappa shape index (κ1) is 32.3. The van der Waals surface area contributed by atoms with Gasteiger partial charge in [0.1, 0.15) is 6.10 Å². The highest BCUT2D eigenvalue weighted by molar-refractivity contribution is 6.01. The van der Waals surface area contributed by atoms with E-state index in [1.54, 1.807) is 6.92 Å². The van der Waals surface area contributed by atoms with Crippen LogP contribution in [-0.4, -0.2) is 97.5 Å². The third-order valence-corrected chi connectivity index (χ3v) is 7.11. The van der Waals surface area contributed by atoms with Gasteiger partial charge in [-0.3, -0.25) is 14.4 Å².